The molecule has 0 saturated carbocycles. The van der Waals surface area contributed by atoms with E-state index >= 15 is 0 Å². The molecule has 0 bridgehead atoms. The number of nitrogens with one attached hydrogen (secondary N) is 1. The maximum absolute atomic E-state index is 13.7. The summed E-state index contributed by atoms with van der Waals surface area (Å²) < 4.78 is 26.6. The third-order valence-electron chi connectivity index (χ3n) is 3.24. The van der Waals surface area contributed by atoms with Gasteiger partial charge in [-0.2, -0.15) is 0 Å². The Morgan fingerprint density at radius 2 is 1.76 bits per heavy atom. The Balaban J connectivity index is 2.26. The molecule has 0 spiro atoms. The van der Waals surface area contributed by atoms with Crippen LogP contribution in [0.2, 0.25) is 0 Å². The molecule has 0 radical (unpaired) electrons. The molecule has 1 atom stereocenters. The fourth-order valence-electron chi connectivity index (χ4n) is 2.05. The summed E-state index contributed by atoms with van der Waals surface area (Å²) >= 11 is 0. The minimum absolute atomic E-state index is 0.0353. The summed E-state index contributed by atoms with van der Waals surface area (Å²) in [6.07, 6.45) is -0.0353. The topological polar surface area (TPSA) is 49.3 Å². The molecule has 2 N–H and O–H groups in total. The van der Waals surface area contributed by atoms with Crippen LogP contribution in [-0.2, 0) is 11.2 Å². The number of carbonyl (C=O) groups is 1. The first kappa shape index (κ1) is 15.0. The minimum atomic E-state index is -1.40. The number of carboxylic acids is 1. The predicted molar refractivity (Wildman–Crippen MR) is 76.2 cm³/mol. The van der Waals surface area contributed by atoms with Crippen LogP contribution >= 0.6 is 0 Å². The largest absolute Gasteiger partial charge is 0.480 e. The van der Waals surface area contributed by atoms with Gasteiger partial charge < -0.3 is 10.4 Å². The quantitative estimate of drug-likeness (QED) is 0.887. The highest BCUT2D eigenvalue weighted by Crippen LogP contribution is 2.22. The summed E-state index contributed by atoms with van der Waals surface area (Å²) in [5.41, 5.74) is -0.644. The van der Waals surface area contributed by atoms with Crippen molar-refractivity contribution in [2.75, 3.05) is 5.32 Å². The first-order valence-corrected chi connectivity index (χ1v) is 6.41. The Bertz CT molecular complexity index is 643. The van der Waals surface area contributed by atoms with Crippen molar-refractivity contribution in [3.05, 3.63) is 65.7 Å². The predicted octanol–water partition coefficient (Wildman–Crippen LogP) is 3.46. The lowest BCUT2D eigenvalue weighted by atomic mass is 9.92. The summed E-state index contributed by atoms with van der Waals surface area (Å²) in [5, 5.41) is 12.3. The van der Waals surface area contributed by atoms with Crippen LogP contribution in [0.1, 0.15) is 12.5 Å². The monoisotopic (exact) mass is 291 g/mol. The number of benzene rings is 2. The van der Waals surface area contributed by atoms with Gasteiger partial charge in [0.05, 0.1) is 0 Å². The van der Waals surface area contributed by atoms with E-state index in [4.69, 9.17) is 0 Å². The molecule has 0 fully saturated rings. The standard InChI is InChI=1S/C16H15F2NO2/c1-16(15(20)21,10-11-4-2-3-5-14(11)18)19-13-8-6-12(17)7-9-13/h2-9,19H,10H2,1H3,(H,20,21). The SMILES string of the molecule is CC(Cc1ccccc1F)(Nc1ccc(F)cc1)C(=O)O. The molecule has 0 aliphatic rings. The number of anilines is 1. The average Bonchev–Trinajstić information content (AvgIpc) is 2.44. The third kappa shape index (κ3) is 3.56. The van der Waals surface area contributed by atoms with E-state index in [0.29, 0.717) is 11.3 Å². The molecule has 1 unspecified atom stereocenters. The molecular weight excluding hydrogens is 276 g/mol. The molecule has 2 aromatic rings. The van der Waals surface area contributed by atoms with E-state index < -0.39 is 23.1 Å². The van der Waals surface area contributed by atoms with Crippen LogP contribution in [0.3, 0.4) is 0 Å². The number of rotatable bonds is 5. The number of halogens is 2. The van der Waals surface area contributed by atoms with Crippen LogP contribution in [0.4, 0.5) is 14.5 Å². The van der Waals surface area contributed by atoms with E-state index in [9.17, 15) is 18.7 Å². The van der Waals surface area contributed by atoms with Crippen molar-refractivity contribution in [3.8, 4) is 0 Å². The van der Waals surface area contributed by atoms with Gasteiger partial charge in [0.15, 0.2) is 0 Å². The fourth-order valence-corrected chi connectivity index (χ4v) is 2.05. The van der Waals surface area contributed by atoms with Crippen molar-refractivity contribution in [1.82, 2.24) is 0 Å². The second-order valence-electron chi connectivity index (χ2n) is 5.04. The zero-order chi connectivity index (χ0) is 15.5. The van der Waals surface area contributed by atoms with Gasteiger partial charge in [0.2, 0.25) is 0 Å². The first-order valence-electron chi connectivity index (χ1n) is 6.41. The molecule has 0 aliphatic carbocycles. The van der Waals surface area contributed by atoms with Crippen LogP contribution < -0.4 is 5.32 Å². The van der Waals surface area contributed by atoms with Crippen molar-refractivity contribution < 1.29 is 18.7 Å². The highest BCUT2D eigenvalue weighted by molar-refractivity contribution is 5.82. The summed E-state index contributed by atoms with van der Waals surface area (Å²) in [7, 11) is 0. The second kappa shape index (κ2) is 5.91. The van der Waals surface area contributed by atoms with Crippen LogP contribution in [-0.4, -0.2) is 16.6 Å². The van der Waals surface area contributed by atoms with Crippen molar-refractivity contribution in [2.24, 2.45) is 0 Å². The van der Waals surface area contributed by atoms with E-state index in [1.54, 1.807) is 18.2 Å². The van der Waals surface area contributed by atoms with Crippen molar-refractivity contribution in [1.29, 1.82) is 0 Å². The minimum Gasteiger partial charge on any atom is -0.480 e. The van der Waals surface area contributed by atoms with E-state index in [-0.39, 0.29) is 6.42 Å². The number of hydrogen-bond donors (Lipinski definition) is 2. The summed E-state index contributed by atoms with van der Waals surface area (Å²) in [5.74, 6) is -1.98. The van der Waals surface area contributed by atoms with Crippen molar-refractivity contribution in [3.63, 3.8) is 0 Å². The summed E-state index contributed by atoms with van der Waals surface area (Å²) in [4.78, 5) is 11.5. The van der Waals surface area contributed by atoms with Crippen LogP contribution in [0.25, 0.3) is 0 Å². The van der Waals surface area contributed by atoms with Gasteiger partial charge in [0, 0.05) is 12.1 Å². The van der Waals surface area contributed by atoms with Crippen molar-refractivity contribution in [2.45, 2.75) is 18.9 Å². The Hall–Kier alpha value is -2.43. The molecule has 2 aromatic carbocycles. The molecule has 0 saturated heterocycles. The second-order valence-corrected chi connectivity index (χ2v) is 5.04. The van der Waals surface area contributed by atoms with E-state index in [2.05, 4.69) is 5.32 Å². The third-order valence-corrected chi connectivity index (χ3v) is 3.24. The van der Waals surface area contributed by atoms with Gasteiger partial charge in [-0.25, -0.2) is 13.6 Å². The van der Waals surface area contributed by atoms with Gasteiger partial charge in [-0.05, 0) is 42.8 Å². The van der Waals surface area contributed by atoms with E-state index in [0.717, 1.165) is 0 Å². The fraction of sp³-hybridized carbons (Fsp3) is 0.188. The number of carboxylic acid groups (broad SMARTS) is 1. The summed E-state index contributed by atoms with van der Waals surface area (Å²) in [6.45, 7) is 1.46. The Morgan fingerprint density at radius 3 is 2.33 bits per heavy atom. The maximum atomic E-state index is 13.7. The van der Waals surface area contributed by atoms with Gasteiger partial charge in [-0.15, -0.1) is 0 Å². The molecule has 21 heavy (non-hydrogen) atoms. The Morgan fingerprint density at radius 1 is 1.14 bits per heavy atom. The lowest BCUT2D eigenvalue weighted by Crippen LogP contribution is -2.45. The lowest BCUT2D eigenvalue weighted by molar-refractivity contribution is -0.141. The van der Waals surface area contributed by atoms with Gasteiger partial charge in [-0.1, -0.05) is 18.2 Å². The lowest BCUT2D eigenvalue weighted by Gasteiger charge is -2.27. The average molecular weight is 291 g/mol. The molecule has 2 rings (SSSR count). The van der Waals surface area contributed by atoms with Crippen LogP contribution in [0.15, 0.2) is 48.5 Å². The molecule has 3 nitrogen and oxygen atoms in total. The zero-order valence-electron chi connectivity index (χ0n) is 11.4. The highest BCUT2D eigenvalue weighted by Gasteiger charge is 2.34. The zero-order valence-corrected chi connectivity index (χ0v) is 11.4. The van der Waals surface area contributed by atoms with E-state index in [1.807, 2.05) is 0 Å². The van der Waals surface area contributed by atoms with Gasteiger partial charge in [0.1, 0.15) is 17.2 Å². The molecule has 0 heterocycles. The first-order chi connectivity index (χ1) is 9.90. The molecular formula is C16H15F2NO2. The van der Waals surface area contributed by atoms with Gasteiger partial charge in [0.25, 0.3) is 0 Å². The molecule has 0 aromatic heterocycles. The molecule has 0 amide bonds. The maximum Gasteiger partial charge on any atom is 0.329 e. The Labute approximate surface area is 121 Å². The number of hydrogen-bond acceptors (Lipinski definition) is 2. The highest BCUT2D eigenvalue weighted by atomic mass is 19.1. The van der Waals surface area contributed by atoms with Gasteiger partial charge >= 0.3 is 5.97 Å². The smallest absolute Gasteiger partial charge is 0.329 e. The van der Waals surface area contributed by atoms with Crippen LogP contribution in [0.5, 0.6) is 0 Å². The van der Waals surface area contributed by atoms with Crippen molar-refractivity contribution >= 4 is 11.7 Å². The molecule has 5 heteroatoms. The number of aliphatic carboxylic acids is 1. The van der Waals surface area contributed by atoms with Crippen LogP contribution in [0, 0.1) is 11.6 Å². The van der Waals surface area contributed by atoms with E-state index in [1.165, 1.54) is 37.3 Å². The Kier molecular flexibility index (Phi) is 4.21. The molecule has 0 aliphatic heterocycles. The summed E-state index contributed by atoms with van der Waals surface area (Å²) in [6, 6.07) is 11.4. The normalized spacial score (nSPS) is 13.5. The van der Waals surface area contributed by atoms with Gasteiger partial charge in [-0.3, -0.25) is 0 Å². The molecule has 110 valence electrons.